The lowest BCUT2D eigenvalue weighted by molar-refractivity contribution is 1.58. The summed E-state index contributed by atoms with van der Waals surface area (Å²) in [5, 5.41) is 0. The standard InChI is InChI=1S/C9H10.C2H3/c1-8(2)9-6-4-3-5-7-9;1-2/h3-7H,1H2,2H3;1H,2H2. The second-order valence-electron chi connectivity index (χ2n) is 2.15. The maximum absolute atomic E-state index is 4.25. The van der Waals surface area contributed by atoms with Gasteiger partial charge in [-0.2, -0.15) is 0 Å². The minimum absolute atomic E-state index is 1.12. The summed E-state index contributed by atoms with van der Waals surface area (Å²) < 4.78 is 0. The van der Waals surface area contributed by atoms with Gasteiger partial charge in [0.15, 0.2) is 0 Å². The molecule has 0 N–H and O–H groups in total. The molecule has 0 saturated heterocycles. The predicted molar refractivity (Wildman–Crippen MR) is 51.1 cm³/mol. The largest absolute Gasteiger partial charge is 0.0991 e. The lowest BCUT2D eigenvalue weighted by Crippen LogP contribution is -1.72. The normalized spacial score (nSPS) is 7.73. The van der Waals surface area contributed by atoms with Crippen molar-refractivity contribution in [3.63, 3.8) is 0 Å². The van der Waals surface area contributed by atoms with Gasteiger partial charge in [0.2, 0.25) is 0 Å². The van der Waals surface area contributed by atoms with E-state index in [4.69, 9.17) is 0 Å². The monoisotopic (exact) mass is 145 g/mol. The molecule has 0 aliphatic heterocycles. The van der Waals surface area contributed by atoms with E-state index in [9.17, 15) is 0 Å². The Morgan fingerprint density at radius 1 is 1.18 bits per heavy atom. The van der Waals surface area contributed by atoms with Gasteiger partial charge in [0.25, 0.3) is 0 Å². The number of rotatable bonds is 1. The van der Waals surface area contributed by atoms with Crippen LogP contribution in [0.15, 0.2) is 43.5 Å². The molecule has 1 radical (unpaired) electrons. The van der Waals surface area contributed by atoms with Gasteiger partial charge in [-0.25, -0.2) is 0 Å². The first-order chi connectivity index (χ1) is 5.30. The van der Waals surface area contributed by atoms with Crippen molar-refractivity contribution in [3.8, 4) is 0 Å². The number of benzene rings is 1. The third-order valence-corrected chi connectivity index (χ3v) is 1.27. The highest BCUT2D eigenvalue weighted by atomic mass is 13.9. The van der Waals surface area contributed by atoms with Crippen LogP contribution in [0.3, 0.4) is 0 Å². The summed E-state index contributed by atoms with van der Waals surface area (Å²) in [5.41, 5.74) is 2.34. The van der Waals surface area contributed by atoms with E-state index in [1.807, 2.05) is 25.1 Å². The van der Waals surface area contributed by atoms with Crippen LogP contribution in [0.5, 0.6) is 0 Å². The summed E-state index contributed by atoms with van der Waals surface area (Å²) in [6.45, 7) is 12.8. The zero-order chi connectivity index (χ0) is 8.69. The SMILES string of the molecule is C=C(C)c1ccccc1.[CH]=C. The van der Waals surface area contributed by atoms with Crippen molar-refractivity contribution in [3.05, 3.63) is 55.6 Å². The minimum atomic E-state index is 1.12. The van der Waals surface area contributed by atoms with Gasteiger partial charge in [-0.15, -0.1) is 0 Å². The first-order valence-corrected chi connectivity index (χ1v) is 3.42. The molecule has 0 saturated carbocycles. The fourth-order valence-electron chi connectivity index (χ4n) is 0.723. The predicted octanol–water partition coefficient (Wildman–Crippen LogP) is 3.33. The molecule has 0 nitrogen and oxygen atoms in total. The molecule has 1 aromatic carbocycles. The van der Waals surface area contributed by atoms with E-state index >= 15 is 0 Å². The minimum Gasteiger partial charge on any atom is -0.0991 e. The number of allylic oxidation sites excluding steroid dienone is 1. The highest BCUT2D eigenvalue weighted by Crippen LogP contribution is 2.08. The Labute approximate surface area is 68.9 Å². The Bertz CT molecular complexity index is 209. The Morgan fingerprint density at radius 2 is 1.64 bits per heavy atom. The smallest absolute Gasteiger partial charge is 0.0233 e. The van der Waals surface area contributed by atoms with E-state index in [-0.39, 0.29) is 0 Å². The van der Waals surface area contributed by atoms with Crippen LogP contribution in [0.25, 0.3) is 5.57 Å². The Hall–Kier alpha value is -1.30. The van der Waals surface area contributed by atoms with Crippen LogP contribution in [0.2, 0.25) is 0 Å². The molecule has 0 bridgehead atoms. The first-order valence-electron chi connectivity index (χ1n) is 3.42. The summed E-state index contributed by atoms with van der Waals surface area (Å²) >= 11 is 0. The van der Waals surface area contributed by atoms with Crippen LogP contribution in [0.1, 0.15) is 12.5 Å². The zero-order valence-electron chi connectivity index (χ0n) is 6.88. The Kier molecular flexibility index (Phi) is 4.83. The van der Waals surface area contributed by atoms with E-state index in [1.165, 1.54) is 5.56 Å². The van der Waals surface area contributed by atoms with E-state index in [0.717, 1.165) is 5.57 Å². The average molecular weight is 145 g/mol. The second kappa shape index (κ2) is 5.48. The van der Waals surface area contributed by atoms with E-state index in [1.54, 1.807) is 0 Å². The van der Waals surface area contributed by atoms with Crippen molar-refractivity contribution < 1.29 is 0 Å². The quantitative estimate of drug-likeness (QED) is 0.568. The number of hydrogen-bond acceptors (Lipinski definition) is 0. The fraction of sp³-hybridized carbons (Fsp3) is 0.0909. The van der Waals surface area contributed by atoms with Crippen molar-refractivity contribution >= 4 is 5.57 Å². The Morgan fingerprint density at radius 3 is 1.91 bits per heavy atom. The molecule has 1 rings (SSSR count). The van der Waals surface area contributed by atoms with Crippen LogP contribution in [0.4, 0.5) is 0 Å². The van der Waals surface area contributed by atoms with Crippen molar-refractivity contribution in [2.45, 2.75) is 6.92 Å². The maximum Gasteiger partial charge on any atom is -0.0233 e. The molecule has 0 unspecified atom stereocenters. The molecule has 0 amide bonds. The van der Waals surface area contributed by atoms with Crippen molar-refractivity contribution in [2.75, 3.05) is 0 Å². The molecular formula is C11H13. The molecule has 11 heavy (non-hydrogen) atoms. The molecule has 0 heteroatoms. The van der Waals surface area contributed by atoms with Gasteiger partial charge in [-0.05, 0) is 12.5 Å². The molecule has 0 atom stereocenters. The van der Waals surface area contributed by atoms with Crippen molar-refractivity contribution in [1.29, 1.82) is 0 Å². The Balaban J connectivity index is 0.000000461. The molecule has 0 aromatic heterocycles. The highest BCUT2D eigenvalue weighted by molar-refractivity contribution is 5.60. The molecule has 0 spiro atoms. The van der Waals surface area contributed by atoms with Crippen LogP contribution in [0, 0.1) is 6.58 Å². The van der Waals surface area contributed by atoms with Crippen molar-refractivity contribution in [1.82, 2.24) is 0 Å². The first kappa shape index (κ1) is 9.70. The van der Waals surface area contributed by atoms with Gasteiger partial charge in [-0.1, -0.05) is 55.6 Å². The summed E-state index contributed by atoms with van der Waals surface area (Å²) in [5.74, 6) is 0. The van der Waals surface area contributed by atoms with Crippen molar-refractivity contribution in [2.24, 2.45) is 0 Å². The van der Waals surface area contributed by atoms with Gasteiger partial charge in [0.1, 0.15) is 0 Å². The molecule has 57 valence electrons. The van der Waals surface area contributed by atoms with E-state index in [2.05, 4.69) is 31.9 Å². The summed E-state index contributed by atoms with van der Waals surface area (Å²) in [6.07, 6.45) is 0. The second-order valence-corrected chi connectivity index (χ2v) is 2.15. The third kappa shape index (κ3) is 3.41. The topological polar surface area (TPSA) is 0 Å². The summed E-state index contributed by atoms with van der Waals surface area (Å²) in [7, 11) is 0. The summed E-state index contributed by atoms with van der Waals surface area (Å²) in [4.78, 5) is 0. The van der Waals surface area contributed by atoms with Crippen LogP contribution in [-0.4, -0.2) is 0 Å². The van der Waals surface area contributed by atoms with E-state index in [0.29, 0.717) is 0 Å². The van der Waals surface area contributed by atoms with E-state index < -0.39 is 0 Å². The number of hydrogen-bond donors (Lipinski definition) is 0. The molecular weight excluding hydrogens is 132 g/mol. The van der Waals surface area contributed by atoms with Gasteiger partial charge in [-0.3, -0.25) is 0 Å². The third-order valence-electron chi connectivity index (χ3n) is 1.27. The lowest BCUT2D eigenvalue weighted by Gasteiger charge is -1.94. The highest BCUT2D eigenvalue weighted by Gasteiger charge is 1.86. The molecule has 0 fully saturated rings. The van der Waals surface area contributed by atoms with Gasteiger partial charge >= 0.3 is 0 Å². The van der Waals surface area contributed by atoms with Gasteiger partial charge < -0.3 is 0 Å². The summed E-state index contributed by atoms with van der Waals surface area (Å²) in [6, 6.07) is 10.2. The van der Waals surface area contributed by atoms with Gasteiger partial charge in [0.05, 0.1) is 0 Å². The molecule has 0 heterocycles. The van der Waals surface area contributed by atoms with Crippen LogP contribution < -0.4 is 0 Å². The molecule has 0 aliphatic rings. The van der Waals surface area contributed by atoms with Gasteiger partial charge in [0, 0.05) is 0 Å². The lowest BCUT2D eigenvalue weighted by atomic mass is 10.1. The van der Waals surface area contributed by atoms with Crippen LogP contribution >= 0.6 is 0 Å². The molecule has 1 aromatic rings. The van der Waals surface area contributed by atoms with Crippen LogP contribution in [-0.2, 0) is 0 Å². The fourth-order valence-corrected chi connectivity index (χ4v) is 0.723. The molecule has 0 aliphatic carbocycles. The zero-order valence-corrected chi connectivity index (χ0v) is 6.88. The maximum atomic E-state index is 4.25. The average Bonchev–Trinajstić information content (AvgIpc) is 2.10.